The molecular formula is C51H81O17P. The molecule has 2 fully saturated rings. The molecule has 69 heavy (non-hydrogen) atoms. The van der Waals surface area contributed by atoms with Crippen LogP contribution in [0.3, 0.4) is 0 Å². The number of ketones is 1. The highest BCUT2D eigenvalue weighted by molar-refractivity contribution is 7.47. The van der Waals surface area contributed by atoms with Gasteiger partial charge in [0.15, 0.2) is 6.10 Å². The van der Waals surface area contributed by atoms with E-state index < -0.39 is 124 Å². The highest BCUT2D eigenvalue weighted by Crippen LogP contribution is 2.47. The maximum atomic E-state index is 13.5. The molecule has 2 bridgehead atoms. The van der Waals surface area contributed by atoms with Gasteiger partial charge in [0.05, 0.1) is 37.1 Å². The number of aliphatic hydroxyl groups excluding tert-OH is 8. The molecular weight excluding hydrogens is 916 g/mol. The zero-order valence-electron chi connectivity index (χ0n) is 40.4. The number of allylic oxidation sites excluding steroid dienone is 12. The molecule has 1 unspecified atom stereocenters. The fourth-order valence-corrected chi connectivity index (χ4v) is 8.64. The van der Waals surface area contributed by atoms with Gasteiger partial charge >= 0.3 is 19.8 Å². The minimum absolute atomic E-state index is 0.126. The van der Waals surface area contributed by atoms with Crippen LogP contribution in [0.5, 0.6) is 0 Å². The number of rotatable bonds is 21. The fraction of sp³-hybridized carbons (Fsp3) is 0.667. The lowest BCUT2D eigenvalue weighted by molar-refractivity contribution is -0.167. The molecule has 1 saturated carbocycles. The molecule has 9 N–H and O–H groups in total. The number of esters is 2. The number of carbonyl (C=O) groups is 3. The maximum Gasteiger partial charge on any atom is 0.472 e. The number of Topliss-reactive ketones (excluding diaryl/α,β-unsaturated/α-hetero) is 1. The molecule has 17 nitrogen and oxygen atoms in total. The van der Waals surface area contributed by atoms with E-state index in [0.29, 0.717) is 19.3 Å². The second-order valence-electron chi connectivity index (χ2n) is 17.5. The van der Waals surface area contributed by atoms with Crippen LogP contribution in [-0.4, -0.2) is 138 Å². The summed E-state index contributed by atoms with van der Waals surface area (Å²) in [5, 5.41) is 90.1. The summed E-state index contributed by atoms with van der Waals surface area (Å²) in [6.45, 7) is 2.53. The summed E-state index contributed by atoms with van der Waals surface area (Å²) in [7, 11) is -5.52. The van der Waals surface area contributed by atoms with Crippen molar-refractivity contribution in [2.45, 2.75) is 190 Å². The normalized spacial score (nSPS) is 31.8. The summed E-state index contributed by atoms with van der Waals surface area (Å²) >= 11 is 0. The molecule has 0 aromatic rings. The number of unbranched alkanes of at least 4 members (excludes halogenated alkanes) is 2. The van der Waals surface area contributed by atoms with Crippen LogP contribution in [0, 0.1) is 11.8 Å². The van der Waals surface area contributed by atoms with Gasteiger partial charge in [0, 0.05) is 43.9 Å². The van der Waals surface area contributed by atoms with Crippen LogP contribution in [0.2, 0.25) is 0 Å². The Morgan fingerprint density at radius 2 is 1.29 bits per heavy atom. The SMILES string of the molecule is CC/C=C\C/C=C\C/C=C\C/C=C\C/C=C\C/C=C\CCC(=O)O[C@@H]1COC(=O)CCCCC(=O)C[C@@H]2[C@@H](O)[C@H](O)[C@@H](O)[C@H](OP(=O)(O)OC1)[C@H](O)[C@H](O)[C@@H](/C=C\[C@@H](O)CCCCC)[C@H](O)C[C@@H]2O. The van der Waals surface area contributed by atoms with Gasteiger partial charge in [-0.2, -0.15) is 0 Å². The molecule has 2 aliphatic rings. The molecule has 0 aromatic heterocycles. The van der Waals surface area contributed by atoms with Gasteiger partial charge in [-0.15, -0.1) is 0 Å². The number of carbonyl (C=O) groups excluding carboxylic acids is 3. The molecule has 0 spiro atoms. The van der Waals surface area contributed by atoms with Gasteiger partial charge in [-0.1, -0.05) is 118 Å². The van der Waals surface area contributed by atoms with Gasteiger partial charge in [-0.05, 0) is 64.2 Å². The lowest BCUT2D eigenvalue weighted by Crippen LogP contribution is -2.56. The molecule has 1 heterocycles. The van der Waals surface area contributed by atoms with Gasteiger partial charge in [0.1, 0.15) is 36.8 Å². The van der Waals surface area contributed by atoms with Crippen LogP contribution in [-0.2, 0) is 37.5 Å². The Bertz CT molecular complexity index is 1720. The van der Waals surface area contributed by atoms with Crippen molar-refractivity contribution in [3.05, 3.63) is 85.1 Å². The Morgan fingerprint density at radius 1 is 0.725 bits per heavy atom. The van der Waals surface area contributed by atoms with E-state index in [1.165, 1.54) is 12.2 Å². The van der Waals surface area contributed by atoms with Crippen LogP contribution in [0.1, 0.15) is 129 Å². The molecule has 18 heteroatoms. The summed E-state index contributed by atoms with van der Waals surface area (Å²) < 4.78 is 34.6. The number of fused-ring (bicyclic) bond motifs is 4. The van der Waals surface area contributed by atoms with Crippen molar-refractivity contribution in [2.24, 2.45) is 11.8 Å². The molecule has 392 valence electrons. The van der Waals surface area contributed by atoms with Crippen LogP contribution < -0.4 is 0 Å². The molecule has 0 radical (unpaired) electrons. The lowest BCUT2D eigenvalue weighted by Gasteiger charge is -2.37. The average molecular weight is 997 g/mol. The Kier molecular flexibility index (Phi) is 31.9. The van der Waals surface area contributed by atoms with Crippen molar-refractivity contribution < 1.29 is 83.2 Å². The van der Waals surface area contributed by atoms with Gasteiger partial charge < -0.3 is 55.2 Å². The Balaban J connectivity index is 2.20. The zero-order valence-corrected chi connectivity index (χ0v) is 41.3. The largest absolute Gasteiger partial charge is 0.472 e. The minimum Gasteiger partial charge on any atom is -0.462 e. The Morgan fingerprint density at radius 3 is 1.88 bits per heavy atom. The van der Waals surface area contributed by atoms with E-state index >= 15 is 0 Å². The number of phosphoric ester groups is 1. The fourth-order valence-electron chi connectivity index (χ4n) is 7.67. The van der Waals surface area contributed by atoms with Crippen LogP contribution in [0.4, 0.5) is 0 Å². The first-order valence-electron chi connectivity index (χ1n) is 24.6. The van der Waals surface area contributed by atoms with Gasteiger partial charge in [0.2, 0.25) is 0 Å². The molecule has 0 aromatic carbocycles. The number of aliphatic hydroxyl groups is 8. The standard InChI is InChI=1S/C51H81O17P/c1-3-5-7-8-9-10-11-12-13-14-15-16-17-18-19-20-21-22-24-30-45(57)67-39-35-65-44(56)29-26-25-28-38(53)33-41-43(55)34-42(54)40(32-31-37(52)27-23-6-4-2)46(58)49(61)51(50(62)48(60)47(41)59)68-69(63,64)66-36-39/h5,7,9-10,12-13,15-16,18-19,21-22,31-32,37,39-43,46-52,54-55,58-62H,3-4,6,8,11,14,17,20,23-30,33-36H2,1-2H3,(H,63,64)/b7-5-,10-9-,13-12-,16-15-,19-18-,22-21-,32-31-/t37-,39+,40-,41-,42+,43-,46+,47+,48-,49+,50+,51+/m0/s1. The predicted octanol–water partition coefficient (Wildman–Crippen LogP) is 5.61. The molecule has 2 rings (SSSR count). The summed E-state index contributed by atoms with van der Waals surface area (Å²) in [5.41, 5.74) is 0. The zero-order chi connectivity index (χ0) is 51.0. The second kappa shape index (κ2) is 35.6. The second-order valence-corrected chi connectivity index (χ2v) is 19.0. The lowest BCUT2D eigenvalue weighted by atomic mass is 9.82. The summed E-state index contributed by atoms with van der Waals surface area (Å²) in [5.74, 6) is -5.17. The number of cyclic esters (lactones) is 1. The first-order chi connectivity index (χ1) is 33.0. The van der Waals surface area contributed by atoms with E-state index in [1.54, 1.807) is 6.08 Å². The highest BCUT2D eigenvalue weighted by Gasteiger charge is 2.49. The topological polar surface area (TPSA) is 287 Å². The van der Waals surface area contributed by atoms with E-state index in [4.69, 9.17) is 18.5 Å². The average Bonchev–Trinajstić information content (AvgIpc) is 3.31. The van der Waals surface area contributed by atoms with Crippen molar-refractivity contribution in [2.75, 3.05) is 13.2 Å². The monoisotopic (exact) mass is 997 g/mol. The number of phosphoric acid groups is 1. The maximum absolute atomic E-state index is 13.5. The number of hydrogen-bond donors (Lipinski definition) is 9. The number of ether oxygens (including phenoxy) is 2. The third kappa shape index (κ3) is 26.0. The van der Waals surface area contributed by atoms with Crippen LogP contribution in [0.25, 0.3) is 0 Å². The molecule has 1 aliphatic carbocycles. The van der Waals surface area contributed by atoms with Crippen molar-refractivity contribution in [3.63, 3.8) is 0 Å². The summed E-state index contributed by atoms with van der Waals surface area (Å²) in [4.78, 5) is 49.7. The predicted molar refractivity (Wildman–Crippen MR) is 260 cm³/mol. The third-order valence-corrected chi connectivity index (χ3v) is 12.7. The Hall–Kier alpha value is -3.42. The minimum atomic E-state index is -5.52. The van der Waals surface area contributed by atoms with E-state index in [2.05, 4.69) is 55.5 Å². The third-order valence-electron chi connectivity index (χ3n) is 11.7. The van der Waals surface area contributed by atoms with E-state index in [9.17, 15) is 64.7 Å². The Labute approximate surface area is 408 Å². The van der Waals surface area contributed by atoms with Crippen molar-refractivity contribution >= 4 is 25.5 Å². The van der Waals surface area contributed by atoms with E-state index in [-0.39, 0.29) is 38.5 Å². The van der Waals surface area contributed by atoms with Gasteiger partial charge in [0.25, 0.3) is 0 Å². The molecule has 0 amide bonds. The van der Waals surface area contributed by atoms with Gasteiger partial charge in [-0.3, -0.25) is 23.4 Å². The molecule has 13 atom stereocenters. The van der Waals surface area contributed by atoms with Crippen molar-refractivity contribution in [3.8, 4) is 0 Å². The summed E-state index contributed by atoms with van der Waals surface area (Å²) in [6, 6.07) is 0. The summed E-state index contributed by atoms with van der Waals surface area (Å²) in [6.07, 6.45) is 13.6. The smallest absolute Gasteiger partial charge is 0.462 e. The van der Waals surface area contributed by atoms with E-state index in [1.807, 2.05) is 25.2 Å². The van der Waals surface area contributed by atoms with Crippen LogP contribution in [0.15, 0.2) is 85.1 Å². The van der Waals surface area contributed by atoms with E-state index in [0.717, 1.165) is 44.9 Å². The molecule has 1 saturated heterocycles. The van der Waals surface area contributed by atoms with Gasteiger partial charge in [-0.25, -0.2) is 4.57 Å². The van der Waals surface area contributed by atoms with Crippen LogP contribution >= 0.6 is 7.82 Å². The first-order valence-corrected chi connectivity index (χ1v) is 26.1. The van der Waals surface area contributed by atoms with Crippen molar-refractivity contribution in [1.29, 1.82) is 0 Å². The number of hydrogen-bond acceptors (Lipinski definition) is 16. The first kappa shape index (κ1) is 61.7. The highest BCUT2D eigenvalue weighted by atomic mass is 31.2. The molecule has 1 aliphatic heterocycles. The quantitative estimate of drug-likeness (QED) is 0.0292. The van der Waals surface area contributed by atoms with Crippen molar-refractivity contribution in [1.82, 2.24) is 0 Å².